The van der Waals surface area contributed by atoms with Crippen molar-refractivity contribution in [1.82, 2.24) is 0 Å². The van der Waals surface area contributed by atoms with Gasteiger partial charge in [-0.1, -0.05) is 0 Å². The van der Waals surface area contributed by atoms with E-state index in [0.29, 0.717) is 0 Å². The summed E-state index contributed by atoms with van der Waals surface area (Å²) in [5.41, 5.74) is 0.516. The summed E-state index contributed by atoms with van der Waals surface area (Å²) in [6.07, 6.45) is 0. The zero-order valence-corrected chi connectivity index (χ0v) is 8.25. The molecule has 80 valence electrons. The molecule has 4 N–H and O–H groups in total. The van der Waals surface area contributed by atoms with E-state index in [2.05, 4.69) is 0 Å². The third-order valence-corrected chi connectivity index (χ3v) is 2.32. The molecule has 5 heteroatoms. The van der Waals surface area contributed by atoms with E-state index in [1.807, 2.05) is 0 Å². The molecule has 2 rings (SSSR count). The molecule has 0 aliphatic rings. The first-order valence-electron chi connectivity index (χ1n) is 4.63. The van der Waals surface area contributed by atoms with Gasteiger partial charge < -0.3 is 0 Å². The molecular formula is C11H9BO4. The summed E-state index contributed by atoms with van der Waals surface area (Å²) in [6, 6.07) is 5.73. The van der Waals surface area contributed by atoms with Gasteiger partial charge in [0.15, 0.2) is 0 Å². The van der Waals surface area contributed by atoms with Crippen LogP contribution in [0.25, 0.3) is 11.0 Å². The van der Waals surface area contributed by atoms with Crippen molar-refractivity contribution in [3.05, 3.63) is 30.2 Å². The van der Waals surface area contributed by atoms with Crippen LogP contribution in [0.3, 0.4) is 0 Å². The zero-order chi connectivity index (χ0) is 11.7. The van der Waals surface area contributed by atoms with Gasteiger partial charge in [-0.05, 0) is 0 Å². The van der Waals surface area contributed by atoms with Crippen LogP contribution in [-0.2, 0) is 0 Å². The summed E-state index contributed by atoms with van der Waals surface area (Å²) in [6.45, 7) is 1.53. The normalized spacial score (nSPS) is 10.0. The first-order chi connectivity index (χ1) is 7.61. The number of phenolic OH excluding ortho intramolecular Hbond substituents is 2. The van der Waals surface area contributed by atoms with Gasteiger partial charge in [-0.2, -0.15) is 0 Å². The Kier molecular flexibility index (Phi) is 2.44. The Hall–Kier alpha value is -2.17. The fourth-order valence-corrected chi connectivity index (χ4v) is 1.50. The number of phenols is 2. The molecule has 0 spiro atoms. The van der Waals surface area contributed by atoms with Crippen LogP contribution in [0.5, 0.6) is 23.0 Å². The molecule has 0 amide bonds. The predicted molar refractivity (Wildman–Crippen MR) is 59.9 cm³/mol. The molecule has 0 unspecified atom stereocenters. The summed E-state index contributed by atoms with van der Waals surface area (Å²) in [5, 5.41) is 37.9. The second-order valence-electron chi connectivity index (χ2n) is 3.35. The van der Waals surface area contributed by atoms with Crippen LogP contribution >= 0.6 is 0 Å². The van der Waals surface area contributed by atoms with E-state index in [4.69, 9.17) is 0 Å². The van der Waals surface area contributed by atoms with E-state index < -0.39 is 0 Å². The second-order valence-corrected chi connectivity index (χ2v) is 3.35. The maximum absolute atomic E-state index is 9.62. The molecule has 1 aromatic carbocycles. The van der Waals surface area contributed by atoms with Crippen LogP contribution in [0, 0.1) is 0 Å². The number of hydrogen-bond acceptors (Lipinski definition) is 4. The fraction of sp³-hybridized carbons (Fsp3) is 0. The molecule has 0 fully saturated rings. The monoisotopic (exact) mass is 216 g/mol. The fourth-order valence-electron chi connectivity index (χ4n) is 1.50. The Morgan fingerprint density at radius 2 is 1.50 bits per heavy atom. The Bertz CT molecular complexity index is 490. The van der Waals surface area contributed by atoms with Gasteiger partial charge in [0.2, 0.25) is 0 Å². The first-order valence-corrected chi connectivity index (χ1v) is 4.63. The molecule has 0 saturated heterocycles. The van der Waals surface area contributed by atoms with Crippen LogP contribution in [0.2, 0.25) is 0 Å². The Morgan fingerprint density at radius 1 is 0.812 bits per heavy atom. The van der Waals surface area contributed by atoms with E-state index in [-0.39, 0.29) is 34.0 Å². The van der Waals surface area contributed by atoms with Crippen molar-refractivity contribution in [2.75, 3.05) is 0 Å². The topological polar surface area (TPSA) is 80.9 Å². The van der Waals surface area contributed by atoms with Crippen LogP contribution in [0.15, 0.2) is 30.2 Å². The molecule has 0 bridgehead atoms. The molecular weight excluding hydrogens is 207 g/mol. The van der Waals surface area contributed by atoms with Crippen LogP contribution in [0.1, 0.15) is 0 Å². The van der Waals surface area contributed by atoms with Crippen LogP contribution < -0.4 is 0 Å². The van der Waals surface area contributed by atoms with E-state index in [0.717, 1.165) is 0 Å². The number of aromatic hydroxyl groups is 4. The molecule has 0 saturated carbocycles. The summed E-state index contributed by atoms with van der Waals surface area (Å²) < 4.78 is 0. The van der Waals surface area contributed by atoms with Gasteiger partial charge in [0.1, 0.15) is 0 Å². The van der Waals surface area contributed by atoms with Crippen molar-refractivity contribution < 1.29 is 20.4 Å². The van der Waals surface area contributed by atoms with Gasteiger partial charge in [0.25, 0.3) is 0 Å². The molecule has 0 radical (unpaired) electrons. The van der Waals surface area contributed by atoms with Gasteiger partial charge in [0, 0.05) is 0 Å². The quantitative estimate of drug-likeness (QED) is 0.544. The SMILES string of the molecule is Oc1ccbc(-c2cccc(O)c2O)c1O. The standard InChI is InChI=1S/C11H9BO4/c13-7-3-1-2-6(10(7)15)9-11(16)8(14)4-5-12-9/h1-5,13-16H. The predicted octanol–water partition coefficient (Wildman–Crippen LogP) is 1.51. The van der Waals surface area contributed by atoms with E-state index in [1.54, 1.807) is 0 Å². The third kappa shape index (κ3) is 1.56. The first kappa shape index (κ1) is 10.4. The van der Waals surface area contributed by atoms with Crippen molar-refractivity contribution >= 4 is 6.91 Å². The molecule has 1 heterocycles. The Morgan fingerprint density at radius 3 is 2.25 bits per heavy atom. The molecule has 2 aromatic rings. The number of rotatable bonds is 1. The molecule has 0 atom stereocenters. The van der Waals surface area contributed by atoms with Gasteiger partial charge in [-0.15, -0.1) is 0 Å². The van der Waals surface area contributed by atoms with E-state index >= 15 is 0 Å². The molecule has 16 heavy (non-hydrogen) atoms. The summed E-state index contributed by atoms with van der Waals surface area (Å²) in [4.78, 5) is 0. The third-order valence-electron chi connectivity index (χ3n) is 2.32. The Balaban J connectivity index is 2.68. The number of para-hydroxylation sites is 1. The minimum atomic E-state index is -0.330. The van der Waals surface area contributed by atoms with Crippen molar-refractivity contribution in [2.45, 2.75) is 0 Å². The van der Waals surface area contributed by atoms with Gasteiger partial charge >= 0.3 is 91.6 Å². The van der Waals surface area contributed by atoms with Crippen LogP contribution in [-0.4, -0.2) is 27.3 Å². The zero-order valence-electron chi connectivity index (χ0n) is 8.25. The van der Waals surface area contributed by atoms with Crippen molar-refractivity contribution in [3.63, 3.8) is 0 Å². The number of hydrogen-bond donors (Lipinski definition) is 4. The van der Waals surface area contributed by atoms with Gasteiger partial charge in [0.05, 0.1) is 0 Å². The molecule has 4 nitrogen and oxygen atoms in total. The maximum atomic E-state index is 9.62. The summed E-state index contributed by atoms with van der Waals surface area (Å²) in [7, 11) is 0. The van der Waals surface area contributed by atoms with Crippen molar-refractivity contribution in [2.24, 2.45) is 0 Å². The average molecular weight is 216 g/mol. The molecule has 0 aliphatic heterocycles. The second kappa shape index (κ2) is 3.77. The Labute approximate surface area is 92.3 Å². The van der Waals surface area contributed by atoms with Gasteiger partial charge in [-0.3, -0.25) is 0 Å². The minimum absolute atomic E-state index is 0.258. The van der Waals surface area contributed by atoms with Crippen LogP contribution in [0.4, 0.5) is 0 Å². The van der Waals surface area contributed by atoms with E-state index in [1.165, 1.54) is 37.1 Å². The number of benzene rings is 1. The summed E-state index contributed by atoms with van der Waals surface area (Å²) in [5.74, 6) is 0.320. The van der Waals surface area contributed by atoms with Crippen molar-refractivity contribution in [3.8, 4) is 34.0 Å². The summed E-state index contributed by atoms with van der Waals surface area (Å²) >= 11 is 0. The molecule has 0 aliphatic carbocycles. The molecule has 1 aromatic heterocycles. The van der Waals surface area contributed by atoms with Crippen molar-refractivity contribution in [1.29, 1.82) is 0 Å². The average Bonchev–Trinajstić information content (AvgIpc) is 2.27. The van der Waals surface area contributed by atoms with Gasteiger partial charge in [-0.25, -0.2) is 0 Å². The van der Waals surface area contributed by atoms with E-state index in [9.17, 15) is 20.4 Å².